The van der Waals surface area contributed by atoms with Crippen molar-refractivity contribution in [3.8, 4) is 0 Å². The van der Waals surface area contributed by atoms with E-state index in [-0.39, 0.29) is 22.8 Å². The number of benzene rings is 1. The highest BCUT2D eigenvalue weighted by Crippen LogP contribution is 2.22. The van der Waals surface area contributed by atoms with Crippen LogP contribution in [0.5, 0.6) is 0 Å². The van der Waals surface area contributed by atoms with E-state index < -0.39 is 0 Å². The average Bonchev–Trinajstić information content (AvgIpc) is 2.66. The molecule has 0 bridgehead atoms. The largest absolute Gasteiger partial charge is 0.357 e. The van der Waals surface area contributed by atoms with Crippen molar-refractivity contribution < 1.29 is 4.79 Å². The zero-order valence-electron chi connectivity index (χ0n) is 9.05. The lowest BCUT2D eigenvalue weighted by Crippen LogP contribution is -2.25. The number of rotatable bonds is 3. The van der Waals surface area contributed by atoms with Crippen LogP contribution in [0.15, 0.2) is 41.4 Å². The lowest BCUT2D eigenvalue weighted by atomic mass is 10.1. The molecule has 1 aliphatic heterocycles. The van der Waals surface area contributed by atoms with Crippen molar-refractivity contribution in [1.29, 1.82) is 0 Å². The van der Waals surface area contributed by atoms with Gasteiger partial charge in [-0.2, -0.15) is 0 Å². The minimum absolute atomic E-state index is 0. The van der Waals surface area contributed by atoms with E-state index in [0.717, 1.165) is 11.4 Å². The summed E-state index contributed by atoms with van der Waals surface area (Å²) in [6, 6.07) is 9.45. The zero-order valence-corrected chi connectivity index (χ0v) is 11.6. The van der Waals surface area contributed by atoms with Crippen molar-refractivity contribution in [2.75, 3.05) is 12.4 Å². The van der Waals surface area contributed by atoms with E-state index in [9.17, 15) is 4.79 Å². The summed E-state index contributed by atoms with van der Waals surface area (Å²) in [5.74, 6) is 1.08. The lowest BCUT2D eigenvalue weighted by Gasteiger charge is -2.17. The van der Waals surface area contributed by atoms with Gasteiger partial charge in [0.05, 0.1) is 12.4 Å². The molecule has 0 aliphatic carbocycles. The third-order valence-electron chi connectivity index (χ3n) is 2.41. The fourth-order valence-electron chi connectivity index (χ4n) is 1.48. The molecule has 1 aliphatic rings. The van der Waals surface area contributed by atoms with Gasteiger partial charge in [0.15, 0.2) is 5.78 Å². The Balaban J connectivity index is 0.00000128. The Hall–Kier alpha value is -0.740. The second kappa shape index (κ2) is 6.11. The first-order valence-corrected chi connectivity index (χ1v) is 5.94. The molecule has 1 aromatic rings. The van der Waals surface area contributed by atoms with Crippen molar-refractivity contribution in [3.05, 3.63) is 47.0 Å². The molecule has 4 heteroatoms. The number of halogens is 1. The van der Waals surface area contributed by atoms with E-state index in [4.69, 9.17) is 0 Å². The molecule has 0 saturated carbocycles. The molecule has 86 valence electrons. The molecule has 0 saturated heterocycles. The van der Waals surface area contributed by atoms with E-state index in [2.05, 4.69) is 10.3 Å². The van der Waals surface area contributed by atoms with Crippen molar-refractivity contribution in [1.82, 2.24) is 4.90 Å². The van der Waals surface area contributed by atoms with Crippen LogP contribution in [0.1, 0.15) is 17.3 Å². The Morgan fingerprint density at radius 3 is 2.62 bits per heavy atom. The Kier molecular flexibility index (Phi) is 5.09. The average molecular weight is 300 g/mol. The summed E-state index contributed by atoms with van der Waals surface area (Å²) >= 11 is 1.74. The first-order chi connectivity index (χ1) is 7.27. The highest BCUT2D eigenvalue weighted by atomic mass is 79.9. The van der Waals surface area contributed by atoms with Gasteiger partial charge in [0.25, 0.3) is 0 Å². The van der Waals surface area contributed by atoms with Gasteiger partial charge in [0, 0.05) is 11.3 Å². The predicted octanol–water partition coefficient (Wildman–Crippen LogP) is 3.31. The van der Waals surface area contributed by atoms with Crippen LogP contribution in [0.25, 0.3) is 0 Å². The Morgan fingerprint density at radius 1 is 1.38 bits per heavy atom. The summed E-state index contributed by atoms with van der Waals surface area (Å²) in [5.41, 5.74) is 1.98. The SMILES string of the molecule is Br.CC1=CSCN1CC(=O)c1ccccc1. The number of Topliss-reactive ketones (excluding diaryl/α,β-unsaturated/α-hetero) is 1. The molecule has 0 aromatic heterocycles. The monoisotopic (exact) mass is 299 g/mol. The maximum Gasteiger partial charge on any atom is 0.182 e. The molecule has 0 spiro atoms. The second-order valence-electron chi connectivity index (χ2n) is 3.54. The topological polar surface area (TPSA) is 20.3 Å². The molecule has 1 heterocycles. The first kappa shape index (κ1) is 13.3. The third-order valence-corrected chi connectivity index (χ3v) is 3.38. The lowest BCUT2D eigenvalue weighted by molar-refractivity contribution is 0.0959. The minimum atomic E-state index is 0. The molecule has 0 atom stereocenters. The molecule has 1 aromatic carbocycles. The molecule has 0 radical (unpaired) electrons. The van der Waals surface area contributed by atoms with Crippen LogP contribution >= 0.6 is 28.7 Å². The summed E-state index contributed by atoms with van der Waals surface area (Å²) in [6.45, 7) is 2.53. The number of carbonyl (C=O) groups excluding carboxylic acids is 1. The van der Waals surface area contributed by atoms with Gasteiger partial charge < -0.3 is 4.90 Å². The molecule has 0 N–H and O–H groups in total. The maximum atomic E-state index is 11.9. The number of allylic oxidation sites excluding steroid dienone is 1. The molecule has 0 amide bonds. The van der Waals surface area contributed by atoms with E-state index >= 15 is 0 Å². The Bertz CT molecular complexity index is 391. The van der Waals surface area contributed by atoms with Gasteiger partial charge in [-0.15, -0.1) is 28.7 Å². The molecule has 2 rings (SSSR count). The number of nitrogens with zero attached hydrogens (tertiary/aromatic N) is 1. The normalized spacial score (nSPS) is 14.3. The minimum Gasteiger partial charge on any atom is -0.357 e. The van der Waals surface area contributed by atoms with E-state index in [1.165, 1.54) is 5.70 Å². The van der Waals surface area contributed by atoms with Gasteiger partial charge in [0.2, 0.25) is 0 Å². The number of hydrogen-bond acceptors (Lipinski definition) is 3. The van der Waals surface area contributed by atoms with Crippen LogP contribution in [-0.4, -0.2) is 23.1 Å². The maximum absolute atomic E-state index is 11.9. The zero-order chi connectivity index (χ0) is 10.7. The summed E-state index contributed by atoms with van der Waals surface area (Å²) < 4.78 is 0. The molecular weight excluding hydrogens is 286 g/mol. The van der Waals surface area contributed by atoms with Gasteiger partial charge in [-0.1, -0.05) is 30.3 Å². The number of ketones is 1. The van der Waals surface area contributed by atoms with Gasteiger partial charge >= 0.3 is 0 Å². The fraction of sp³-hybridized carbons (Fsp3) is 0.250. The molecule has 16 heavy (non-hydrogen) atoms. The van der Waals surface area contributed by atoms with Crippen LogP contribution in [0.4, 0.5) is 0 Å². The van der Waals surface area contributed by atoms with Crippen LogP contribution in [0.3, 0.4) is 0 Å². The summed E-state index contributed by atoms with van der Waals surface area (Å²) in [7, 11) is 0. The highest BCUT2D eigenvalue weighted by Gasteiger charge is 2.15. The van der Waals surface area contributed by atoms with Gasteiger partial charge in [0.1, 0.15) is 0 Å². The van der Waals surface area contributed by atoms with Crippen molar-refractivity contribution in [2.45, 2.75) is 6.92 Å². The number of hydrogen-bond donors (Lipinski definition) is 0. The molecule has 0 fully saturated rings. The first-order valence-electron chi connectivity index (χ1n) is 4.89. The Morgan fingerprint density at radius 2 is 2.06 bits per heavy atom. The Labute approximate surface area is 110 Å². The van der Waals surface area contributed by atoms with Crippen molar-refractivity contribution in [3.63, 3.8) is 0 Å². The van der Waals surface area contributed by atoms with Crippen LogP contribution in [-0.2, 0) is 0 Å². The quantitative estimate of drug-likeness (QED) is 0.799. The smallest absolute Gasteiger partial charge is 0.182 e. The van der Waals surface area contributed by atoms with Gasteiger partial charge in [-0.05, 0) is 12.3 Å². The molecule has 0 unspecified atom stereocenters. The number of carbonyl (C=O) groups is 1. The van der Waals surface area contributed by atoms with Crippen LogP contribution in [0.2, 0.25) is 0 Å². The van der Waals surface area contributed by atoms with Crippen LogP contribution in [0, 0.1) is 0 Å². The van der Waals surface area contributed by atoms with Crippen molar-refractivity contribution in [2.24, 2.45) is 0 Å². The molecule has 2 nitrogen and oxygen atoms in total. The van der Waals surface area contributed by atoms with E-state index in [1.54, 1.807) is 11.8 Å². The second-order valence-corrected chi connectivity index (χ2v) is 4.37. The number of thioether (sulfide) groups is 1. The summed E-state index contributed by atoms with van der Waals surface area (Å²) in [5, 5.41) is 2.10. The highest BCUT2D eigenvalue weighted by molar-refractivity contribution is 8.93. The van der Waals surface area contributed by atoms with Crippen molar-refractivity contribution >= 4 is 34.5 Å². The van der Waals surface area contributed by atoms with E-state index in [0.29, 0.717) is 6.54 Å². The summed E-state index contributed by atoms with van der Waals surface area (Å²) in [4.78, 5) is 14.0. The van der Waals surface area contributed by atoms with Gasteiger partial charge in [-0.3, -0.25) is 4.79 Å². The summed E-state index contributed by atoms with van der Waals surface area (Å²) in [6.07, 6.45) is 0. The van der Waals surface area contributed by atoms with Gasteiger partial charge in [-0.25, -0.2) is 0 Å². The van der Waals surface area contributed by atoms with Crippen LogP contribution < -0.4 is 0 Å². The van der Waals surface area contributed by atoms with E-state index in [1.807, 2.05) is 37.3 Å². The predicted molar refractivity (Wildman–Crippen MR) is 74.0 cm³/mol. The standard InChI is InChI=1S/C12H13NOS.BrH/c1-10-8-15-9-13(10)7-12(14)11-5-3-2-4-6-11;/h2-6,8H,7,9H2,1H3;1H. The third kappa shape index (κ3) is 3.12. The molecular formula is C12H14BrNOS. The fourth-order valence-corrected chi connectivity index (χ4v) is 2.42.